The first-order chi connectivity index (χ1) is 9.65. The topological polar surface area (TPSA) is 27.7 Å². The zero-order valence-electron chi connectivity index (χ0n) is 12.7. The van der Waals surface area contributed by atoms with Gasteiger partial charge in [-0.3, -0.25) is 4.90 Å². The van der Waals surface area contributed by atoms with Crippen molar-refractivity contribution in [3.8, 4) is 5.75 Å². The number of hydrogen-bond acceptors (Lipinski definition) is 4. The minimum atomic E-state index is 0.661. The van der Waals surface area contributed by atoms with Gasteiger partial charge in [0.05, 0.1) is 5.69 Å². The highest BCUT2D eigenvalue weighted by atomic mass is 16.5. The summed E-state index contributed by atoms with van der Waals surface area (Å²) in [6.45, 7) is 7.31. The van der Waals surface area contributed by atoms with E-state index in [1.807, 2.05) is 0 Å². The van der Waals surface area contributed by atoms with Gasteiger partial charge >= 0.3 is 0 Å². The molecule has 0 aliphatic carbocycles. The van der Waals surface area contributed by atoms with Gasteiger partial charge in [-0.2, -0.15) is 0 Å². The Morgan fingerprint density at radius 3 is 2.95 bits per heavy atom. The Kier molecular flexibility index (Phi) is 3.85. The molecule has 2 aliphatic heterocycles. The van der Waals surface area contributed by atoms with Crippen molar-refractivity contribution < 1.29 is 4.74 Å². The average molecular weight is 275 g/mol. The number of hydrogen-bond donors (Lipinski definition) is 1. The van der Waals surface area contributed by atoms with Crippen molar-refractivity contribution in [1.29, 1.82) is 0 Å². The molecule has 1 fully saturated rings. The molecule has 4 heteroatoms. The summed E-state index contributed by atoms with van der Waals surface area (Å²) in [4.78, 5) is 4.89. The summed E-state index contributed by atoms with van der Waals surface area (Å²) in [6.07, 6.45) is 0. The molecule has 0 amide bonds. The second kappa shape index (κ2) is 5.62. The number of nitrogens with one attached hydrogen (secondary N) is 1. The van der Waals surface area contributed by atoms with E-state index < -0.39 is 0 Å². The molecule has 110 valence electrons. The van der Waals surface area contributed by atoms with Crippen LogP contribution in [0.3, 0.4) is 0 Å². The molecule has 0 bridgehead atoms. The first-order valence-corrected chi connectivity index (χ1v) is 7.52. The van der Waals surface area contributed by atoms with E-state index >= 15 is 0 Å². The zero-order valence-corrected chi connectivity index (χ0v) is 12.7. The zero-order chi connectivity index (χ0) is 14.1. The number of ether oxygens (including phenoxy) is 1. The van der Waals surface area contributed by atoms with E-state index in [-0.39, 0.29) is 0 Å². The van der Waals surface area contributed by atoms with Crippen LogP contribution in [0.25, 0.3) is 0 Å². The van der Waals surface area contributed by atoms with Gasteiger partial charge in [-0.05, 0) is 26.1 Å². The molecule has 2 atom stereocenters. The average Bonchev–Trinajstić information content (AvgIpc) is 2.80. The minimum absolute atomic E-state index is 0.661. The molecule has 4 nitrogen and oxygen atoms in total. The Bertz CT molecular complexity index is 475. The van der Waals surface area contributed by atoms with Crippen molar-refractivity contribution in [1.82, 2.24) is 9.80 Å². The summed E-state index contributed by atoms with van der Waals surface area (Å²) in [6, 6.07) is 7.08. The predicted molar refractivity (Wildman–Crippen MR) is 82.3 cm³/mol. The van der Waals surface area contributed by atoms with Crippen LogP contribution in [-0.2, 0) is 6.54 Å². The second-order valence-corrected chi connectivity index (χ2v) is 6.27. The molecule has 1 aromatic carbocycles. The van der Waals surface area contributed by atoms with Gasteiger partial charge in [-0.25, -0.2) is 0 Å². The smallest absolute Gasteiger partial charge is 0.146 e. The lowest BCUT2D eigenvalue weighted by atomic mass is 10.1. The highest BCUT2D eigenvalue weighted by Gasteiger charge is 2.31. The SMILES string of the molecule is CC1CN(Cc2cccc3c2OCCN3)CC1N(C)C. The summed E-state index contributed by atoms with van der Waals surface area (Å²) in [5, 5.41) is 3.41. The first kappa shape index (κ1) is 13.7. The third-order valence-corrected chi connectivity index (χ3v) is 4.47. The maximum absolute atomic E-state index is 5.87. The van der Waals surface area contributed by atoms with Crippen molar-refractivity contribution in [3.63, 3.8) is 0 Å². The van der Waals surface area contributed by atoms with Crippen LogP contribution in [0.2, 0.25) is 0 Å². The van der Waals surface area contributed by atoms with Gasteiger partial charge in [0.25, 0.3) is 0 Å². The summed E-state index contributed by atoms with van der Waals surface area (Å²) < 4.78 is 5.87. The number of rotatable bonds is 3. The molecule has 1 N–H and O–H groups in total. The van der Waals surface area contributed by atoms with Crippen LogP contribution in [0.4, 0.5) is 5.69 Å². The molecule has 20 heavy (non-hydrogen) atoms. The Hall–Kier alpha value is -1.26. The molecule has 2 unspecified atom stereocenters. The lowest BCUT2D eigenvalue weighted by molar-refractivity contribution is 0.248. The molecule has 0 spiro atoms. The van der Waals surface area contributed by atoms with Gasteiger partial charge in [-0.15, -0.1) is 0 Å². The van der Waals surface area contributed by atoms with E-state index in [1.165, 1.54) is 12.1 Å². The number of likely N-dealkylation sites (tertiary alicyclic amines) is 1. The van der Waals surface area contributed by atoms with Crippen LogP contribution >= 0.6 is 0 Å². The maximum Gasteiger partial charge on any atom is 0.146 e. The van der Waals surface area contributed by atoms with Crippen molar-refractivity contribution in [2.75, 3.05) is 45.7 Å². The number of benzene rings is 1. The van der Waals surface area contributed by atoms with Crippen molar-refractivity contribution in [2.45, 2.75) is 19.5 Å². The van der Waals surface area contributed by atoms with Crippen molar-refractivity contribution >= 4 is 5.69 Å². The van der Waals surface area contributed by atoms with Crippen LogP contribution in [0.1, 0.15) is 12.5 Å². The Balaban J connectivity index is 1.73. The Morgan fingerprint density at radius 2 is 2.20 bits per heavy atom. The third-order valence-electron chi connectivity index (χ3n) is 4.47. The standard InChI is InChI=1S/C16H25N3O/c1-12-9-19(11-15(12)18(2)3)10-13-5-4-6-14-16(13)20-8-7-17-14/h4-6,12,15,17H,7-11H2,1-3H3. The van der Waals surface area contributed by atoms with Crippen LogP contribution in [0, 0.1) is 5.92 Å². The number of anilines is 1. The third kappa shape index (κ3) is 2.63. The van der Waals surface area contributed by atoms with Gasteiger partial charge in [0.1, 0.15) is 12.4 Å². The molecular formula is C16H25N3O. The Morgan fingerprint density at radius 1 is 1.35 bits per heavy atom. The summed E-state index contributed by atoms with van der Waals surface area (Å²) in [7, 11) is 4.37. The molecule has 1 aromatic rings. The lowest BCUT2D eigenvalue weighted by Crippen LogP contribution is -2.34. The highest BCUT2D eigenvalue weighted by Crippen LogP contribution is 2.33. The van der Waals surface area contributed by atoms with E-state index in [4.69, 9.17) is 4.74 Å². The number of nitrogens with zero attached hydrogens (tertiary/aromatic N) is 2. The quantitative estimate of drug-likeness (QED) is 0.911. The van der Waals surface area contributed by atoms with E-state index in [0.29, 0.717) is 6.04 Å². The largest absolute Gasteiger partial charge is 0.489 e. The molecule has 0 saturated carbocycles. The van der Waals surface area contributed by atoms with Gasteiger partial charge in [0, 0.05) is 37.8 Å². The first-order valence-electron chi connectivity index (χ1n) is 7.52. The van der Waals surface area contributed by atoms with Crippen LogP contribution in [-0.4, -0.2) is 56.2 Å². The fraction of sp³-hybridized carbons (Fsp3) is 0.625. The van der Waals surface area contributed by atoms with Gasteiger partial charge in [0.2, 0.25) is 0 Å². The van der Waals surface area contributed by atoms with Crippen molar-refractivity contribution in [2.24, 2.45) is 5.92 Å². The molecule has 0 aromatic heterocycles. The minimum Gasteiger partial charge on any atom is -0.489 e. The summed E-state index contributed by atoms with van der Waals surface area (Å²) in [5.41, 5.74) is 2.45. The Labute approximate surface area is 121 Å². The summed E-state index contributed by atoms with van der Waals surface area (Å²) in [5.74, 6) is 1.78. The van der Waals surface area contributed by atoms with Crippen LogP contribution < -0.4 is 10.1 Å². The second-order valence-electron chi connectivity index (χ2n) is 6.27. The monoisotopic (exact) mass is 275 g/mol. The fourth-order valence-electron chi connectivity index (χ4n) is 3.45. The number of fused-ring (bicyclic) bond motifs is 1. The summed E-state index contributed by atoms with van der Waals surface area (Å²) >= 11 is 0. The fourth-order valence-corrected chi connectivity index (χ4v) is 3.45. The van der Waals surface area contributed by atoms with E-state index in [0.717, 1.165) is 43.6 Å². The lowest BCUT2D eigenvalue weighted by Gasteiger charge is -2.25. The van der Waals surface area contributed by atoms with Gasteiger partial charge in [0.15, 0.2) is 0 Å². The molecule has 2 aliphatic rings. The van der Waals surface area contributed by atoms with Gasteiger partial charge < -0.3 is 15.0 Å². The van der Waals surface area contributed by atoms with E-state index in [1.54, 1.807) is 0 Å². The normalized spacial score (nSPS) is 26.2. The van der Waals surface area contributed by atoms with Gasteiger partial charge in [-0.1, -0.05) is 19.1 Å². The molecule has 2 heterocycles. The molecular weight excluding hydrogens is 250 g/mol. The molecule has 0 radical (unpaired) electrons. The number of likely N-dealkylation sites (N-methyl/N-ethyl adjacent to an activating group) is 1. The predicted octanol–water partition coefficient (Wildman–Crippen LogP) is 1.87. The van der Waals surface area contributed by atoms with Crippen LogP contribution in [0.5, 0.6) is 5.75 Å². The number of para-hydroxylation sites is 1. The molecule has 3 rings (SSSR count). The maximum atomic E-state index is 5.87. The highest BCUT2D eigenvalue weighted by molar-refractivity contribution is 5.61. The van der Waals surface area contributed by atoms with Crippen molar-refractivity contribution in [3.05, 3.63) is 23.8 Å². The van der Waals surface area contributed by atoms with Crippen LogP contribution in [0.15, 0.2) is 18.2 Å². The van der Waals surface area contributed by atoms with E-state index in [9.17, 15) is 0 Å². The molecule has 1 saturated heterocycles. The van der Waals surface area contributed by atoms with E-state index in [2.05, 4.69) is 54.3 Å².